The van der Waals surface area contributed by atoms with Gasteiger partial charge in [-0.1, -0.05) is 6.07 Å². The molecular weight excluding hydrogens is 178 g/mol. The average molecular weight is 187 g/mol. The van der Waals surface area contributed by atoms with Crippen molar-refractivity contribution in [2.45, 2.75) is 4.90 Å². The maximum absolute atomic E-state index is 11.0. The van der Waals surface area contributed by atoms with Crippen molar-refractivity contribution in [1.29, 1.82) is 0 Å². The summed E-state index contributed by atoms with van der Waals surface area (Å²) in [6.45, 7) is 0. The van der Waals surface area contributed by atoms with Crippen LogP contribution < -0.4 is 10.6 Å². The lowest BCUT2D eigenvalue weighted by molar-refractivity contribution is 0.366. The van der Waals surface area contributed by atoms with Gasteiger partial charge in [0.1, 0.15) is 5.75 Å². The van der Waals surface area contributed by atoms with Crippen molar-refractivity contribution in [3.63, 3.8) is 0 Å². The number of methoxy groups -OCH3 is 1. The van der Waals surface area contributed by atoms with Gasteiger partial charge in [0, 0.05) is 0 Å². The zero-order chi connectivity index (χ0) is 8.97. The number of nitrogens with two attached hydrogens (primary N) is 1. The second-order valence-electron chi connectivity index (χ2n) is 2.01. The lowest BCUT2D eigenvalue weighted by Crippen LogP contribution is -2.03. The van der Waals surface area contributed by atoms with Crippen LogP contribution in [0.5, 0.6) is 5.75 Å². The van der Waals surface area contributed by atoms with Crippen LogP contribution in [0.2, 0.25) is 0 Å². The third kappa shape index (κ3) is 2.04. The van der Waals surface area contributed by atoms with Crippen LogP contribution in [-0.4, -0.2) is 11.3 Å². The number of ether oxygens (including phenoxy) is 1. The SMILES string of the molecule is COc1cccc(S(=O)ON)c1. The summed E-state index contributed by atoms with van der Waals surface area (Å²) in [5.74, 6) is 5.38. The standard InChI is InChI=1S/C7H9NO3S/c1-10-6-3-2-4-7(5-6)12(9)11-8/h2-5H,8H2,1H3. The average Bonchev–Trinajstić information content (AvgIpc) is 2.17. The molecule has 1 aromatic carbocycles. The fourth-order valence-corrected chi connectivity index (χ4v) is 1.27. The van der Waals surface area contributed by atoms with Gasteiger partial charge in [0.2, 0.25) is 11.1 Å². The van der Waals surface area contributed by atoms with Gasteiger partial charge >= 0.3 is 0 Å². The minimum atomic E-state index is -1.60. The van der Waals surface area contributed by atoms with Gasteiger partial charge in [-0.05, 0) is 18.2 Å². The highest BCUT2D eigenvalue weighted by molar-refractivity contribution is 7.80. The number of hydrogen-bond donors (Lipinski definition) is 1. The van der Waals surface area contributed by atoms with Crippen LogP contribution in [0.25, 0.3) is 0 Å². The molecule has 66 valence electrons. The molecule has 1 aromatic rings. The Morgan fingerprint density at radius 2 is 2.25 bits per heavy atom. The molecule has 0 heterocycles. The first-order valence-electron chi connectivity index (χ1n) is 3.21. The second kappa shape index (κ2) is 4.20. The Morgan fingerprint density at radius 3 is 2.83 bits per heavy atom. The van der Waals surface area contributed by atoms with Crippen molar-refractivity contribution in [1.82, 2.24) is 0 Å². The van der Waals surface area contributed by atoms with Gasteiger partial charge < -0.3 is 4.74 Å². The molecule has 0 saturated carbocycles. The Labute approximate surface area is 72.9 Å². The van der Waals surface area contributed by atoms with Crippen molar-refractivity contribution in [2.75, 3.05) is 7.11 Å². The van der Waals surface area contributed by atoms with E-state index in [2.05, 4.69) is 4.28 Å². The third-order valence-electron chi connectivity index (χ3n) is 1.32. The molecule has 5 heteroatoms. The fraction of sp³-hybridized carbons (Fsp3) is 0.143. The molecule has 0 aliphatic carbocycles. The molecule has 0 aliphatic heterocycles. The Hall–Kier alpha value is -0.910. The monoisotopic (exact) mass is 187 g/mol. The van der Waals surface area contributed by atoms with E-state index in [0.29, 0.717) is 10.6 Å². The van der Waals surface area contributed by atoms with Gasteiger partial charge in [-0.15, -0.1) is 0 Å². The van der Waals surface area contributed by atoms with Crippen molar-refractivity contribution < 1.29 is 13.2 Å². The van der Waals surface area contributed by atoms with Crippen LogP contribution >= 0.6 is 0 Å². The van der Waals surface area contributed by atoms with Gasteiger partial charge in [-0.2, -0.15) is 10.2 Å². The quantitative estimate of drug-likeness (QED) is 0.704. The number of hydrogen-bond acceptors (Lipinski definition) is 4. The zero-order valence-electron chi connectivity index (χ0n) is 6.52. The Morgan fingerprint density at radius 1 is 1.50 bits per heavy atom. The normalized spacial score (nSPS) is 12.5. The van der Waals surface area contributed by atoms with E-state index < -0.39 is 11.1 Å². The zero-order valence-corrected chi connectivity index (χ0v) is 7.34. The molecule has 2 N–H and O–H groups in total. The lowest BCUT2D eigenvalue weighted by atomic mass is 10.3. The molecule has 0 bridgehead atoms. The predicted molar refractivity (Wildman–Crippen MR) is 44.7 cm³/mol. The smallest absolute Gasteiger partial charge is 0.206 e. The molecule has 4 nitrogen and oxygen atoms in total. The molecule has 0 radical (unpaired) electrons. The van der Waals surface area contributed by atoms with Gasteiger partial charge in [0.15, 0.2) is 0 Å². The van der Waals surface area contributed by atoms with Crippen LogP contribution in [0.15, 0.2) is 29.2 Å². The summed E-state index contributed by atoms with van der Waals surface area (Å²) < 4.78 is 20.1. The van der Waals surface area contributed by atoms with Gasteiger partial charge in [0.25, 0.3) is 0 Å². The summed E-state index contributed by atoms with van der Waals surface area (Å²) in [5.41, 5.74) is 0. The maximum Gasteiger partial charge on any atom is 0.206 e. The summed E-state index contributed by atoms with van der Waals surface area (Å²) in [6.07, 6.45) is 0. The Kier molecular flexibility index (Phi) is 3.21. The van der Waals surface area contributed by atoms with E-state index >= 15 is 0 Å². The highest BCUT2D eigenvalue weighted by atomic mass is 32.2. The predicted octanol–water partition coefficient (Wildman–Crippen LogP) is 0.608. The van der Waals surface area contributed by atoms with E-state index in [1.807, 2.05) is 0 Å². The molecule has 1 rings (SSSR count). The minimum Gasteiger partial charge on any atom is -0.497 e. The van der Waals surface area contributed by atoms with Crippen LogP contribution in [0.3, 0.4) is 0 Å². The van der Waals surface area contributed by atoms with E-state index in [-0.39, 0.29) is 0 Å². The van der Waals surface area contributed by atoms with E-state index in [4.69, 9.17) is 10.6 Å². The molecule has 0 aromatic heterocycles. The fourth-order valence-electron chi connectivity index (χ4n) is 0.760. The molecule has 1 unspecified atom stereocenters. The largest absolute Gasteiger partial charge is 0.497 e. The van der Waals surface area contributed by atoms with Crippen LogP contribution in [0.4, 0.5) is 0 Å². The van der Waals surface area contributed by atoms with E-state index in [1.54, 1.807) is 24.3 Å². The molecule has 12 heavy (non-hydrogen) atoms. The lowest BCUT2D eigenvalue weighted by Gasteiger charge is -2.01. The summed E-state index contributed by atoms with van der Waals surface area (Å²) in [4.78, 5) is 0.483. The molecule has 1 atom stereocenters. The van der Waals surface area contributed by atoms with E-state index in [1.165, 1.54) is 7.11 Å². The van der Waals surface area contributed by atoms with E-state index in [0.717, 1.165) is 0 Å². The molecule has 0 fully saturated rings. The molecular formula is C7H9NO3S. The number of rotatable bonds is 3. The Bertz CT molecular complexity index is 290. The molecule has 0 amide bonds. The second-order valence-corrected chi connectivity index (χ2v) is 3.14. The highest BCUT2D eigenvalue weighted by Crippen LogP contribution is 2.15. The molecule has 0 saturated heterocycles. The molecule has 0 aliphatic rings. The summed E-state index contributed by atoms with van der Waals surface area (Å²) in [6, 6.07) is 6.71. The van der Waals surface area contributed by atoms with Gasteiger partial charge in [0.05, 0.1) is 12.0 Å². The van der Waals surface area contributed by atoms with Crippen molar-refractivity contribution in [3.05, 3.63) is 24.3 Å². The van der Waals surface area contributed by atoms with Crippen molar-refractivity contribution in [2.24, 2.45) is 5.90 Å². The van der Waals surface area contributed by atoms with Crippen molar-refractivity contribution >= 4 is 11.1 Å². The van der Waals surface area contributed by atoms with Crippen LogP contribution in [0, 0.1) is 0 Å². The van der Waals surface area contributed by atoms with Gasteiger partial charge in [-0.25, -0.2) is 4.21 Å². The highest BCUT2D eigenvalue weighted by Gasteiger charge is 2.03. The first-order valence-corrected chi connectivity index (χ1v) is 4.28. The van der Waals surface area contributed by atoms with Crippen LogP contribution in [0.1, 0.15) is 0 Å². The van der Waals surface area contributed by atoms with Crippen LogP contribution in [-0.2, 0) is 15.4 Å². The van der Waals surface area contributed by atoms with E-state index in [9.17, 15) is 4.21 Å². The molecule has 0 spiro atoms. The maximum atomic E-state index is 11.0. The third-order valence-corrected chi connectivity index (χ3v) is 2.13. The summed E-state index contributed by atoms with van der Waals surface area (Å²) >= 11 is -1.60. The number of benzene rings is 1. The van der Waals surface area contributed by atoms with Gasteiger partial charge in [-0.3, -0.25) is 0 Å². The first-order chi connectivity index (χ1) is 5.77. The summed E-state index contributed by atoms with van der Waals surface area (Å²) in [7, 11) is 1.53. The summed E-state index contributed by atoms with van der Waals surface area (Å²) in [5, 5.41) is 0. The Balaban J connectivity index is 2.93. The van der Waals surface area contributed by atoms with Crippen molar-refractivity contribution in [3.8, 4) is 5.75 Å². The topological polar surface area (TPSA) is 61.5 Å². The first kappa shape index (κ1) is 9.18. The minimum absolute atomic E-state index is 0.483.